The molecule has 0 radical (unpaired) electrons. The van der Waals surface area contributed by atoms with Crippen molar-refractivity contribution in [2.24, 2.45) is 5.92 Å². The normalized spacial score (nSPS) is 19.1. The van der Waals surface area contributed by atoms with E-state index in [4.69, 9.17) is 4.74 Å². The van der Waals surface area contributed by atoms with Crippen molar-refractivity contribution >= 4 is 21.6 Å². The molecule has 1 aromatic rings. The third-order valence-corrected chi connectivity index (χ3v) is 4.95. The van der Waals surface area contributed by atoms with Gasteiger partial charge in [-0.2, -0.15) is 5.10 Å². The van der Waals surface area contributed by atoms with Crippen LogP contribution in [0.4, 0.5) is 5.69 Å². The van der Waals surface area contributed by atoms with E-state index in [1.54, 1.807) is 10.9 Å². The molecule has 6 heteroatoms. The third-order valence-electron chi connectivity index (χ3n) is 4.19. The molecule has 2 saturated carbocycles. The van der Waals surface area contributed by atoms with E-state index >= 15 is 0 Å². The van der Waals surface area contributed by atoms with Crippen molar-refractivity contribution in [2.75, 3.05) is 18.5 Å². The van der Waals surface area contributed by atoms with Gasteiger partial charge in [0, 0.05) is 13.1 Å². The summed E-state index contributed by atoms with van der Waals surface area (Å²) in [7, 11) is 0. The van der Waals surface area contributed by atoms with Crippen LogP contribution >= 0.6 is 15.9 Å². The molecular weight excluding hydrogens is 334 g/mol. The largest absolute Gasteiger partial charge is 0.380 e. The average molecular weight is 356 g/mol. The second kappa shape index (κ2) is 6.92. The molecule has 5 nitrogen and oxygen atoms in total. The molecule has 21 heavy (non-hydrogen) atoms. The van der Waals surface area contributed by atoms with Crippen LogP contribution in [0.25, 0.3) is 0 Å². The fraction of sp³-hybridized carbons (Fsp3) is 0.733. The summed E-state index contributed by atoms with van der Waals surface area (Å²) in [6, 6.07) is 0. The highest BCUT2D eigenvalue weighted by molar-refractivity contribution is 9.10. The van der Waals surface area contributed by atoms with Gasteiger partial charge >= 0.3 is 0 Å². The van der Waals surface area contributed by atoms with Gasteiger partial charge < -0.3 is 10.1 Å². The molecule has 116 valence electrons. The Bertz CT molecular complexity index is 536. The van der Waals surface area contributed by atoms with E-state index < -0.39 is 0 Å². The van der Waals surface area contributed by atoms with Crippen LogP contribution in [0.1, 0.15) is 38.5 Å². The molecule has 0 atom stereocenters. The van der Waals surface area contributed by atoms with E-state index in [0.29, 0.717) is 29.6 Å². The van der Waals surface area contributed by atoms with Crippen LogP contribution < -0.4 is 10.9 Å². The van der Waals surface area contributed by atoms with Gasteiger partial charge in [0.05, 0.1) is 24.6 Å². The maximum absolute atomic E-state index is 12.2. The molecule has 0 spiro atoms. The molecule has 1 N–H and O–H groups in total. The van der Waals surface area contributed by atoms with E-state index in [0.717, 1.165) is 12.2 Å². The summed E-state index contributed by atoms with van der Waals surface area (Å²) in [6.45, 7) is 2.10. The summed E-state index contributed by atoms with van der Waals surface area (Å²) >= 11 is 3.38. The number of rotatable bonds is 7. The quantitative estimate of drug-likeness (QED) is 0.764. The van der Waals surface area contributed by atoms with E-state index in [9.17, 15) is 4.79 Å². The van der Waals surface area contributed by atoms with Crippen molar-refractivity contribution in [3.8, 4) is 0 Å². The summed E-state index contributed by atoms with van der Waals surface area (Å²) < 4.78 is 7.92. The Balaban J connectivity index is 1.50. The first-order valence-electron chi connectivity index (χ1n) is 7.85. The van der Waals surface area contributed by atoms with Gasteiger partial charge in [0.15, 0.2) is 0 Å². The second-order valence-electron chi connectivity index (χ2n) is 6.01. The van der Waals surface area contributed by atoms with Crippen molar-refractivity contribution in [3.63, 3.8) is 0 Å². The molecule has 2 aliphatic carbocycles. The molecule has 0 saturated heterocycles. The number of nitrogens with one attached hydrogen (secondary N) is 1. The zero-order valence-electron chi connectivity index (χ0n) is 12.2. The van der Waals surface area contributed by atoms with Crippen molar-refractivity contribution in [1.82, 2.24) is 9.78 Å². The lowest BCUT2D eigenvalue weighted by Crippen LogP contribution is -2.26. The molecule has 3 rings (SSSR count). The van der Waals surface area contributed by atoms with Gasteiger partial charge in [-0.05, 0) is 47.5 Å². The minimum Gasteiger partial charge on any atom is -0.380 e. The number of ether oxygens (including phenoxy) is 1. The first kappa shape index (κ1) is 15.0. The lowest BCUT2D eigenvalue weighted by molar-refractivity contribution is 0.0659. The van der Waals surface area contributed by atoms with Gasteiger partial charge in [0.25, 0.3) is 5.56 Å². The molecule has 0 amide bonds. The first-order chi connectivity index (χ1) is 10.2. The van der Waals surface area contributed by atoms with Gasteiger partial charge in [0.1, 0.15) is 4.47 Å². The summed E-state index contributed by atoms with van der Waals surface area (Å²) in [4.78, 5) is 12.2. The van der Waals surface area contributed by atoms with Crippen molar-refractivity contribution < 1.29 is 4.74 Å². The Kier molecular flexibility index (Phi) is 4.95. The molecule has 2 aliphatic rings. The smallest absolute Gasteiger partial charge is 0.283 e. The monoisotopic (exact) mass is 355 g/mol. The highest BCUT2D eigenvalue weighted by atomic mass is 79.9. The van der Waals surface area contributed by atoms with Crippen molar-refractivity contribution in [2.45, 2.75) is 51.2 Å². The number of nitrogens with zero attached hydrogens (tertiary/aromatic N) is 2. The number of hydrogen-bond donors (Lipinski definition) is 1. The Labute approximate surface area is 133 Å². The summed E-state index contributed by atoms with van der Waals surface area (Å²) in [5, 5.41) is 7.47. The van der Waals surface area contributed by atoms with E-state index in [1.165, 1.54) is 38.5 Å². The van der Waals surface area contributed by atoms with Crippen LogP contribution in [0.2, 0.25) is 0 Å². The fourth-order valence-corrected chi connectivity index (χ4v) is 3.18. The zero-order chi connectivity index (χ0) is 14.7. The van der Waals surface area contributed by atoms with Crippen LogP contribution in [-0.4, -0.2) is 29.0 Å². The lowest BCUT2D eigenvalue weighted by Gasteiger charge is -2.13. The van der Waals surface area contributed by atoms with Gasteiger partial charge in [0.2, 0.25) is 0 Å². The van der Waals surface area contributed by atoms with Gasteiger partial charge in [-0.1, -0.05) is 12.8 Å². The minimum absolute atomic E-state index is 0.0522. The number of halogens is 1. The van der Waals surface area contributed by atoms with Crippen LogP contribution in [0.15, 0.2) is 15.5 Å². The Morgan fingerprint density at radius 3 is 2.81 bits per heavy atom. The Hall–Kier alpha value is -0.880. The maximum Gasteiger partial charge on any atom is 0.283 e. The Morgan fingerprint density at radius 2 is 2.10 bits per heavy atom. The minimum atomic E-state index is -0.0522. The fourth-order valence-electron chi connectivity index (χ4n) is 2.73. The Morgan fingerprint density at radius 1 is 1.33 bits per heavy atom. The molecule has 0 unspecified atom stereocenters. The third kappa shape index (κ3) is 4.07. The highest BCUT2D eigenvalue weighted by Crippen LogP contribution is 2.30. The second-order valence-corrected chi connectivity index (χ2v) is 6.80. The standard InChI is InChI=1S/C15H22BrN3O2/c16-14-13(17-7-8-21-12-3-1-2-4-12)9-18-19(15(14)20)10-11-5-6-11/h9,11-12,17H,1-8,10H2. The zero-order valence-corrected chi connectivity index (χ0v) is 13.8. The highest BCUT2D eigenvalue weighted by Gasteiger charge is 2.23. The van der Waals surface area contributed by atoms with Crippen LogP contribution in [0.3, 0.4) is 0 Å². The van der Waals surface area contributed by atoms with Crippen molar-refractivity contribution in [3.05, 3.63) is 21.0 Å². The summed E-state index contributed by atoms with van der Waals surface area (Å²) in [5.41, 5.74) is 0.700. The van der Waals surface area contributed by atoms with Crippen LogP contribution in [0.5, 0.6) is 0 Å². The van der Waals surface area contributed by atoms with Gasteiger partial charge in [-0.3, -0.25) is 4.79 Å². The lowest BCUT2D eigenvalue weighted by atomic mass is 10.3. The topological polar surface area (TPSA) is 56.1 Å². The molecule has 1 heterocycles. The van der Waals surface area contributed by atoms with E-state index in [2.05, 4.69) is 26.3 Å². The molecule has 1 aromatic heterocycles. The summed E-state index contributed by atoms with van der Waals surface area (Å²) in [6.07, 6.45) is 9.52. The number of hydrogen-bond acceptors (Lipinski definition) is 4. The molecule has 2 fully saturated rings. The van der Waals surface area contributed by atoms with Gasteiger partial charge in [-0.15, -0.1) is 0 Å². The molecule has 0 aromatic carbocycles. The SMILES string of the molecule is O=c1c(Br)c(NCCOC2CCCC2)cnn1CC1CC1. The average Bonchev–Trinajstić information content (AvgIpc) is 3.15. The predicted octanol–water partition coefficient (Wildman–Crippen LogP) is 2.79. The van der Waals surface area contributed by atoms with Crippen LogP contribution in [0, 0.1) is 5.92 Å². The van der Waals surface area contributed by atoms with E-state index in [-0.39, 0.29) is 5.56 Å². The summed E-state index contributed by atoms with van der Waals surface area (Å²) in [5.74, 6) is 0.640. The van der Waals surface area contributed by atoms with E-state index in [1.807, 2.05) is 0 Å². The first-order valence-corrected chi connectivity index (χ1v) is 8.64. The maximum atomic E-state index is 12.2. The predicted molar refractivity (Wildman–Crippen MR) is 85.6 cm³/mol. The van der Waals surface area contributed by atoms with Gasteiger partial charge in [-0.25, -0.2) is 4.68 Å². The van der Waals surface area contributed by atoms with Crippen LogP contribution in [-0.2, 0) is 11.3 Å². The molecule has 0 bridgehead atoms. The molecule has 0 aliphatic heterocycles. The number of anilines is 1. The van der Waals surface area contributed by atoms with Crippen molar-refractivity contribution in [1.29, 1.82) is 0 Å². The molecular formula is C15H22BrN3O2. The number of aromatic nitrogens is 2.